The molecule has 92 valence electrons. The number of hydrogen-bond donors (Lipinski definition) is 0. The Labute approximate surface area is 105 Å². The highest BCUT2D eigenvalue weighted by Gasteiger charge is 2.07. The first-order chi connectivity index (χ1) is 8.74. The molecule has 0 amide bonds. The number of carbonyl (C=O) groups is 1. The number of rotatable bonds is 4. The summed E-state index contributed by atoms with van der Waals surface area (Å²) in [6.45, 7) is 1.91. The van der Waals surface area contributed by atoms with E-state index in [1.54, 1.807) is 19.5 Å². The molecule has 5 heteroatoms. The van der Waals surface area contributed by atoms with Crippen LogP contribution in [0.25, 0.3) is 11.8 Å². The van der Waals surface area contributed by atoms with E-state index < -0.39 is 0 Å². The zero-order valence-electron chi connectivity index (χ0n) is 10.2. The van der Waals surface area contributed by atoms with Crippen LogP contribution >= 0.6 is 0 Å². The summed E-state index contributed by atoms with van der Waals surface area (Å²) in [6.07, 6.45) is 7.32. The van der Waals surface area contributed by atoms with Gasteiger partial charge in [-0.1, -0.05) is 0 Å². The van der Waals surface area contributed by atoms with Crippen molar-refractivity contribution in [2.24, 2.45) is 0 Å². The molecule has 5 nitrogen and oxygen atoms in total. The highest BCUT2D eigenvalue weighted by molar-refractivity contribution is 5.73. The number of allylic oxidation sites excluding steroid dienone is 1. The van der Waals surface area contributed by atoms with Crippen LogP contribution in [0.1, 0.15) is 11.4 Å². The van der Waals surface area contributed by atoms with Gasteiger partial charge in [0.25, 0.3) is 0 Å². The van der Waals surface area contributed by atoms with Crippen LogP contribution in [0, 0.1) is 6.92 Å². The molecule has 2 heterocycles. The molecule has 0 unspecified atom stereocenters. The molecule has 0 atom stereocenters. The van der Waals surface area contributed by atoms with Crippen molar-refractivity contribution in [1.82, 2.24) is 14.5 Å². The summed E-state index contributed by atoms with van der Waals surface area (Å²) in [7, 11) is 1.56. The number of imidazole rings is 1. The molecule has 2 aromatic rings. The fraction of sp³-hybridized carbons (Fsp3) is 0.154. The second-order valence-corrected chi connectivity index (χ2v) is 3.68. The smallest absolute Gasteiger partial charge is 0.238 e. The molecule has 0 bridgehead atoms. The first-order valence-corrected chi connectivity index (χ1v) is 5.42. The Balaban J connectivity index is 2.43. The Morgan fingerprint density at radius 2 is 2.22 bits per heavy atom. The van der Waals surface area contributed by atoms with Gasteiger partial charge in [0, 0.05) is 6.20 Å². The minimum atomic E-state index is 0.487. The maximum atomic E-state index is 10.3. The summed E-state index contributed by atoms with van der Waals surface area (Å²) in [5.74, 6) is 0.487. The van der Waals surface area contributed by atoms with E-state index in [9.17, 15) is 4.79 Å². The largest absolute Gasteiger partial charge is 0.479 e. The molecule has 2 rings (SSSR count). The second kappa shape index (κ2) is 5.27. The summed E-state index contributed by atoms with van der Waals surface area (Å²) in [5, 5.41) is 0. The molecule has 0 spiro atoms. The average Bonchev–Trinajstić information content (AvgIpc) is 2.82. The zero-order valence-corrected chi connectivity index (χ0v) is 10.2. The van der Waals surface area contributed by atoms with Gasteiger partial charge in [0.1, 0.15) is 12.0 Å². The van der Waals surface area contributed by atoms with Crippen LogP contribution in [0.2, 0.25) is 0 Å². The third kappa shape index (κ3) is 2.45. The third-order valence-electron chi connectivity index (χ3n) is 2.39. The van der Waals surface area contributed by atoms with Gasteiger partial charge in [0.15, 0.2) is 0 Å². The van der Waals surface area contributed by atoms with E-state index >= 15 is 0 Å². The van der Waals surface area contributed by atoms with E-state index in [-0.39, 0.29) is 0 Å². The lowest BCUT2D eigenvalue weighted by molar-refractivity contribution is -0.104. The summed E-state index contributed by atoms with van der Waals surface area (Å²) in [6, 6.07) is 3.69. The van der Waals surface area contributed by atoms with E-state index in [1.807, 2.05) is 29.8 Å². The van der Waals surface area contributed by atoms with Crippen LogP contribution < -0.4 is 4.74 Å². The Hall–Kier alpha value is -2.43. The lowest BCUT2D eigenvalue weighted by Crippen LogP contribution is -1.99. The van der Waals surface area contributed by atoms with Crippen molar-refractivity contribution in [3.8, 4) is 11.6 Å². The minimum Gasteiger partial charge on any atom is -0.479 e. The number of nitrogens with zero attached hydrogens (tertiary/aromatic N) is 3. The van der Waals surface area contributed by atoms with E-state index in [4.69, 9.17) is 4.74 Å². The molecular weight excluding hydrogens is 230 g/mol. The summed E-state index contributed by atoms with van der Waals surface area (Å²) in [4.78, 5) is 18.7. The monoisotopic (exact) mass is 243 g/mol. The molecule has 0 radical (unpaired) electrons. The van der Waals surface area contributed by atoms with E-state index in [0.29, 0.717) is 17.9 Å². The zero-order chi connectivity index (χ0) is 13.0. The topological polar surface area (TPSA) is 57.0 Å². The fourth-order valence-electron chi connectivity index (χ4n) is 1.58. The van der Waals surface area contributed by atoms with E-state index in [0.717, 1.165) is 11.4 Å². The van der Waals surface area contributed by atoms with Gasteiger partial charge in [-0.2, -0.15) is 0 Å². The molecule has 2 aromatic heterocycles. The quantitative estimate of drug-likeness (QED) is 0.607. The van der Waals surface area contributed by atoms with Gasteiger partial charge in [0.05, 0.1) is 24.8 Å². The van der Waals surface area contributed by atoms with Gasteiger partial charge < -0.3 is 9.30 Å². The molecule has 18 heavy (non-hydrogen) atoms. The van der Waals surface area contributed by atoms with Crippen LogP contribution in [0.4, 0.5) is 0 Å². The summed E-state index contributed by atoms with van der Waals surface area (Å²) < 4.78 is 7.09. The molecule has 0 aliphatic heterocycles. The summed E-state index contributed by atoms with van der Waals surface area (Å²) >= 11 is 0. The number of aromatic nitrogens is 3. The number of methoxy groups -OCH3 is 1. The molecule has 0 aromatic carbocycles. The van der Waals surface area contributed by atoms with Gasteiger partial charge in [-0.3, -0.25) is 4.79 Å². The van der Waals surface area contributed by atoms with Crippen molar-refractivity contribution in [3.63, 3.8) is 0 Å². The average molecular weight is 243 g/mol. The van der Waals surface area contributed by atoms with Gasteiger partial charge in [-0.25, -0.2) is 9.97 Å². The third-order valence-corrected chi connectivity index (χ3v) is 2.39. The molecule has 0 aliphatic carbocycles. The first-order valence-electron chi connectivity index (χ1n) is 5.42. The summed E-state index contributed by atoms with van der Waals surface area (Å²) in [5.41, 5.74) is 2.39. The molecule has 0 saturated heterocycles. The van der Waals surface area contributed by atoms with Crippen LogP contribution in [-0.2, 0) is 4.79 Å². The van der Waals surface area contributed by atoms with Crippen molar-refractivity contribution in [3.05, 3.63) is 42.1 Å². The highest BCUT2D eigenvalue weighted by atomic mass is 16.5. The maximum absolute atomic E-state index is 10.3. The lowest BCUT2D eigenvalue weighted by atomic mass is 10.3. The first kappa shape index (κ1) is 12.0. The van der Waals surface area contributed by atoms with Gasteiger partial charge >= 0.3 is 0 Å². The van der Waals surface area contributed by atoms with Crippen LogP contribution in [0.3, 0.4) is 0 Å². The normalized spacial score (nSPS) is 10.8. The van der Waals surface area contributed by atoms with Crippen molar-refractivity contribution in [2.45, 2.75) is 6.92 Å². The molecule has 0 fully saturated rings. The SMILES string of the molecule is COc1nc(/C=C/C=O)ccc1-n1cnc(C)c1. The highest BCUT2D eigenvalue weighted by Crippen LogP contribution is 2.21. The Morgan fingerprint density at radius 1 is 1.39 bits per heavy atom. The number of ether oxygens (including phenoxy) is 1. The van der Waals surface area contributed by atoms with Crippen molar-refractivity contribution >= 4 is 12.4 Å². The van der Waals surface area contributed by atoms with Gasteiger partial charge in [-0.05, 0) is 31.2 Å². The standard InChI is InChI=1S/C13H13N3O2/c1-10-8-16(9-14-10)12-6-5-11(4-3-7-17)15-13(12)18-2/h3-9H,1-2H3/b4-3+. The predicted molar refractivity (Wildman–Crippen MR) is 67.7 cm³/mol. The maximum Gasteiger partial charge on any atom is 0.238 e. The Kier molecular flexibility index (Phi) is 3.52. The number of aldehydes is 1. The van der Waals surface area contributed by atoms with Crippen LogP contribution in [0.5, 0.6) is 5.88 Å². The number of aryl methyl sites for hydroxylation is 1. The van der Waals surface area contributed by atoms with E-state index in [2.05, 4.69) is 9.97 Å². The predicted octanol–water partition coefficient (Wildman–Crippen LogP) is 1.80. The number of pyridine rings is 1. The van der Waals surface area contributed by atoms with Crippen molar-refractivity contribution in [1.29, 1.82) is 0 Å². The van der Waals surface area contributed by atoms with Gasteiger partial charge in [-0.15, -0.1) is 0 Å². The minimum absolute atomic E-state index is 0.487. The van der Waals surface area contributed by atoms with Crippen molar-refractivity contribution in [2.75, 3.05) is 7.11 Å². The van der Waals surface area contributed by atoms with Crippen LogP contribution in [0.15, 0.2) is 30.7 Å². The van der Waals surface area contributed by atoms with Crippen molar-refractivity contribution < 1.29 is 9.53 Å². The molecular formula is C13H13N3O2. The van der Waals surface area contributed by atoms with E-state index in [1.165, 1.54) is 6.08 Å². The Morgan fingerprint density at radius 3 is 2.83 bits per heavy atom. The number of carbonyl (C=O) groups excluding carboxylic acids is 1. The van der Waals surface area contributed by atoms with Crippen LogP contribution in [-0.4, -0.2) is 27.9 Å². The Bertz CT molecular complexity index is 588. The number of hydrogen-bond acceptors (Lipinski definition) is 4. The van der Waals surface area contributed by atoms with Gasteiger partial charge in [0.2, 0.25) is 5.88 Å². The lowest BCUT2D eigenvalue weighted by Gasteiger charge is -2.08. The molecule has 0 aliphatic rings. The molecule has 0 saturated carbocycles. The molecule has 0 N–H and O–H groups in total. The second-order valence-electron chi connectivity index (χ2n) is 3.68. The fourth-order valence-corrected chi connectivity index (χ4v) is 1.58.